The topological polar surface area (TPSA) is 49.7 Å². The molecule has 60 valence electrons. The van der Waals surface area contributed by atoms with Gasteiger partial charge in [0.2, 0.25) is 0 Å². The van der Waals surface area contributed by atoms with Crippen molar-refractivity contribution < 1.29 is 9.90 Å². The van der Waals surface area contributed by atoms with Crippen LogP contribution in [0, 0.1) is 5.92 Å². The average molecular weight is 171 g/mol. The third-order valence-electron chi connectivity index (χ3n) is 2.28. The summed E-state index contributed by atoms with van der Waals surface area (Å²) >= 11 is 1.42. The zero-order chi connectivity index (χ0) is 8.06. The number of rotatable bonds is 1. The summed E-state index contributed by atoms with van der Waals surface area (Å²) < 4.78 is -0.480. The van der Waals surface area contributed by atoms with Crippen LogP contribution in [0.25, 0.3) is 0 Å². The number of aliphatic imine (C=N–C) groups is 1. The number of hydrogen-bond acceptors (Lipinski definition) is 3. The van der Waals surface area contributed by atoms with E-state index in [1.165, 1.54) is 11.8 Å². The predicted molar refractivity (Wildman–Crippen MR) is 44.0 cm³/mol. The van der Waals surface area contributed by atoms with Crippen molar-refractivity contribution in [1.82, 2.24) is 0 Å². The van der Waals surface area contributed by atoms with Gasteiger partial charge in [0.15, 0.2) is 0 Å². The summed E-state index contributed by atoms with van der Waals surface area (Å²) in [5.41, 5.74) is 0. The van der Waals surface area contributed by atoms with Crippen molar-refractivity contribution >= 4 is 22.8 Å². The Morgan fingerprint density at radius 1 is 1.91 bits per heavy atom. The number of carboxylic acids is 1. The zero-order valence-corrected chi connectivity index (χ0v) is 7.02. The fourth-order valence-electron chi connectivity index (χ4n) is 1.48. The molecule has 11 heavy (non-hydrogen) atoms. The molecule has 3 nitrogen and oxygen atoms in total. The van der Waals surface area contributed by atoms with Crippen LogP contribution in [0.4, 0.5) is 0 Å². The van der Waals surface area contributed by atoms with Crippen LogP contribution >= 0.6 is 11.8 Å². The van der Waals surface area contributed by atoms with E-state index in [1.807, 2.05) is 6.92 Å². The van der Waals surface area contributed by atoms with Crippen molar-refractivity contribution in [2.45, 2.75) is 18.1 Å². The number of fused-ring (bicyclic) bond motifs is 1. The Kier molecular flexibility index (Phi) is 1.30. The van der Waals surface area contributed by atoms with Gasteiger partial charge in [0.1, 0.15) is 4.75 Å². The van der Waals surface area contributed by atoms with E-state index in [4.69, 9.17) is 5.11 Å². The van der Waals surface area contributed by atoms with Crippen molar-refractivity contribution in [2.75, 3.05) is 6.54 Å². The summed E-state index contributed by atoms with van der Waals surface area (Å²) in [4.78, 5) is 15.0. The largest absolute Gasteiger partial charge is 0.480 e. The van der Waals surface area contributed by atoms with Crippen LogP contribution < -0.4 is 0 Å². The van der Waals surface area contributed by atoms with Gasteiger partial charge in [-0.25, -0.2) is 0 Å². The Balaban J connectivity index is 2.22. The van der Waals surface area contributed by atoms with Gasteiger partial charge in [-0.1, -0.05) is 11.8 Å². The number of carboxylic acid groups (broad SMARTS) is 1. The second-order valence-electron chi connectivity index (χ2n) is 3.06. The Morgan fingerprint density at radius 3 is 3.18 bits per heavy atom. The van der Waals surface area contributed by atoms with Crippen LogP contribution in [-0.2, 0) is 4.79 Å². The molecule has 0 aromatic carbocycles. The third kappa shape index (κ3) is 0.888. The molecule has 2 atom stereocenters. The number of nitrogens with zero attached hydrogens (tertiary/aromatic N) is 1. The van der Waals surface area contributed by atoms with Crippen LogP contribution in [0.2, 0.25) is 0 Å². The molecule has 1 N–H and O–H groups in total. The monoisotopic (exact) mass is 171 g/mol. The van der Waals surface area contributed by atoms with Crippen LogP contribution in [0.5, 0.6) is 0 Å². The van der Waals surface area contributed by atoms with E-state index in [9.17, 15) is 4.79 Å². The Labute approximate surface area is 68.9 Å². The van der Waals surface area contributed by atoms with E-state index in [0.29, 0.717) is 12.5 Å². The average Bonchev–Trinajstić information content (AvgIpc) is 2.62. The molecule has 1 aliphatic heterocycles. The molecule has 1 saturated carbocycles. The highest BCUT2D eigenvalue weighted by atomic mass is 32.2. The molecule has 2 unspecified atom stereocenters. The maximum atomic E-state index is 10.8. The van der Waals surface area contributed by atoms with Gasteiger partial charge in [0, 0.05) is 12.5 Å². The van der Waals surface area contributed by atoms with Gasteiger partial charge in [-0.3, -0.25) is 9.79 Å². The molecule has 1 aliphatic carbocycles. The van der Waals surface area contributed by atoms with E-state index in [1.54, 1.807) is 0 Å². The highest BCUT2D eigenvalue weighted by Gasteiger charge is 2.62. The molecule has 0 radical (unpaired) electrons. The van der Waals surface area contributed by atoms with Crippen LogP contribution in [-0.4, -0.2) is 27.4 Å². The molecule has 4 heteroatoms. The minimum atomic E-state index is -0.665. The first-order valence-corrected chi connectivity index (χ1v) is 4.40. The van der Waals surface area contributed by atoms with Crippen LogP contribution in [0.1, 0.15) is 13.3 Å². The summed E-state index contributed by atoms with van der Waals surface area (Å²) in [6, 6.07) is 0. The number of hydrogen-bond donors (Lipinski definition) is 1. The van der Waals surface area contributed by atoms with Crippen molar-refractivity contribution in [2.24, 2.45) is 10.9 Å². The van der Waals surface area contributed by atoms with E-state index < -0.39 is 10.7 Å². The van der Waals surface area contributed by atoms with E-state index in [0.717, 1.165) is 11.5 Å². The summed E-state index contributed by atoms with van der Waals surface area (Å²) in [7, 11) is 0. The van der Waals surface area contributed by atoms with Crippen molar-refractivity contribution in [3.8, 4) is 0 Å². The van der Waals surface area contributed by atoms with Crippen molar-refractivity contribution in [3.63, 3.8) is 0 Å². The van der Waals surface area contributed by atoms with Crippen molar-refractivity contribution in [3.05, 3.63) is 0 Å². The van der Waals surface area contributed by atoms with Gasteiger partial charge >= 0.3 is 5.97 Å². The number of aliphatic carboxylic acids is 1. The Bertz CT molecular complexity index is 251. The smallest absolute Gasteiger partial charge is 0.320 e. The predicted octanol–water partition coefficient (Wildman–Crippen LogP) is 0.995. The second-order valence-corrected chi connectivity index (χ2v) is 4.58. The SMILES string of the molecule is CC1=NCC2CC2(C(=O)O)S1. The van der Waals surface area contributed by atoms with Crippen LogP contribution in [0.3, 0.4) is 0 Å². The minimum absolute atomic E-state index is 0.300. The molecule has 0 amide bonds. The van der Waals surface area contributed by atoms with Gasteiger partial charge in [-0.05, 0) is 13.3 Å². The Hall–Kier alpha value is -0.510. The molecule has 0 bridgehead atoms. The molecule has 0 saturated heterocycles. The molecule has 1 heterocycles. The van der Waals surface area contributed by atoms with E-state index in [-0.39, 0.29) is 0 Å². The van der Waals surface area contributed by atoms with E-state index in [2.05, 4.69) is 4.99 Å². The lowest BCUT2D eigenvalue weighted by molar-refractivity contribution is -0.137. The lowest BCUT2D eigenvalue weighted by atomic mass is 10.3. The summed E-state index contributed by atoms with van der Waals surface area (Å²) in [5.74, 6) is -0.365. The fourth-order valence-corrected chi connectivity index (χ4v) is 2.76. The first-order chi connectivity index (χ1) is 5.15. The van der Waals surface area contributed by atoms with Gasteiger partial charge in [0.05, 0.1) is 5.04 Å². The standard InChI is InChI=1S/C7H9NO2S/c1-4-8-3-5-2-7(5,11-4)6(9)10/h5H,2-3H2,1H3,(H,9,10). The lowest BCUT2D eigenvalue weighted by Gasteiger charge is -2.14. The van der Waals surface area contributed by atoms with Gasteiger partial charge in [0.25, 0.3) is 0 Å². The lowest BCUT2D eigenvalue weighted by Crippen LogP contribution is -2.25. The van der Waals surface area contributed by atoms with Crippen molar-refractivity contribution in [1.29, 1.82) is 0 Å². The molecule has 0 spiro atoms. The first kappa shape index (κ1) is 7.16. The number of thioether (sulfide) groups is 1. The first-order valence-electron chi connectivity index (χ1n) is 3.58. The van der Waals surface area contributed by atoms with E-state index >= 15 is 0 Å². The fraction of sp³-hybridized carbons (Fsp3) is 0.714. The molecule has 0 aromatic heterocycles. The molecule has 1 fully saturated rings. The maximum Gasteiger partial charge on any atom is 0.320 e. The summed E-state index contributed by atoms with van der Waals surface area (Å²) in [5, 5.41) is 9.80. The highest BCUT2D eigenvalue weighted by Crippen LogP contribution is 2.57. The molecule has 2 aliphatic rings. The molecule has 0 aromatic rings. The second kappa shape index (κ2) is 2.00. The van der Waals surface area contributed by atoms with Gasteiger partial charge in [-0.15, -0.1) is 0 Å². The molecule has 2 rings (SSSR count). The van der Waals surface area contributed by atoms with Gasteiger partial charge < -0.3 is 5.11 Å². The summed E-state index contributed by atoms with van der Waals surface area (Å²) in [6.07, 6.45) is 0.799. The summed E-state index contributed by atoms with van der Waals surface area (Å²) in [6.45, 7) is 2.59. The quantitative estimate of drug-likeness (QED) is 0.640. The maximum absolute atomic E-state index is 10.8. The zero-order valence-electron chi connectivity index (χ0n) is 6.20. The Morgan fingerprint density at radius 2 is 2.64 bits per heavy atom. The van der Waals surface area contributed by atoms with Gasteiger partial charge in [-0.2, -0.15) is 0 Å². The third-order valence-corrected chi connectivity index (χ3v) is 3.74. The number of carbonyl (C=O) groups is 1. The highest BCUT2D eigenvalue weighted by molar-refractivity contribution is 8.16. The molecular weight excluding hydrogens is 162 g/mol. The van der Waals surface area contributed by atoms with Crippen LogP contribution in [0.15, 0.2) is 4.99 Å². The normalized spacial score (nSPS) is 40.8. The minimum Gasteiger partial charge on any atom is -0.480 e. The molecular formula is C7H9NO2S.